The fraction of sp³-hybridized carbons (Fsp3) is 0.250. The number of pyridine rings is 1. The number of nitrogens with one attached hydrogen (secondary N) is 1. The van der Waals surface area contributed by atoms with Gasteiger partial charge in [-0.3, -0.25) is 14.5 Å². The van der Waals surface area contributed by atoms with Gasteiger partial charge in [-0.05, 0) is 30.7 Å². The number of nitrogens with zero attached hydrogens (tertiary/aromatic N) is 1. The van der Waals surface area contributed by atoms with Gasteiger partial charge in [0.05, 0.1) is 0 Å². The molecule has 0 aliphatic carbocycles. The molecule has 0 bridgehead atoms. The van der Waals surface area contributed by atoms with E-state index in [1.807, 2.05) is 0 Å². The number of sulfonamides is 1. The minimum Gasteiger partial charge on any atom is -0.385 e. The van der Waals surface area contributed by atoms with Crippen LogP contribution in [0.4, 0.5) is 5.69 Å². The Morgan fingerprint density at radius 1 is 1.26 bits per heavy atom. The van der Waals surface area contributed by atoms with Crippen molar-refractivity contribution in [3.8, 4) is 0 Å². The van der Waals surface area contributed by atoms with E-state index in [4.69, 9.17) is 4.74 Å². The van der Waals surface area contributed by atoms with Gasteiger partial charge >= 0.3 is 0 Å². The normalized spacial score (nSPS) is 11.2. The number of Topliss-reactive ketones (excluding diaryl/α,β-unsaturated/α-hetero) is 1. The van der Waals surface area contributed by atoms with Crippen molar-refractivity contribution in [2.24, 2.45) is 0 Å². The molecule has 2 aromatic rings. The Hall–Kier alpha value is -2.25. The summed E-state index contributed by atoms with van der Waals surface area (Å²) in [6.07, 6.45) is 3.74. The summed E-state index contributed by atoms with van der Waals surface area (Å²) < 4.78 is 31.9. The fourth-order valence-electron chi connectivity index (χ4n) is 2.00. The van der Waals surface area contributed by atoms with Gasteiger partial charge < -0.3 is 4.74 Å². The van der Waals surface area contributed by atoms with Crippen LogP contribution < -0.4 is 4.72 Å². The SMILES string of the molecule is COCCCC(=O)c1cccc(NS(=O)(=O)c2cccnc2)c1. The Kier molecular flexibility index (Phi) is 5.84. The molecule has 23 heavy (non-hydrogen) atoms. The quantitative estimate of drug-likeness (QED) is 0.592. The maximum atomic E-state index is 12.2. The van der Waals surface area contributed by atoms with E-state index in [9.17, 15) is 13.2 Å². The van der Waals surface area contributed by atoms with Gasteiger partial charge in [-0.25, -0.2) is 8.42 Å². The number of carbonyl (C=O) groups is 1. The molecular weight excluding hydrogens is 316 g/mol. The molecule has 0 unspecified atom stereocenters. The molecule has 0 saturated heterocycles. The van der Waals surface area contributed by atoms with Gasteiger partial charge in [0.1, 0.15) is 4.90 Å². The second-order valence-corrected chi connectivity index (χ2v) is 6.58. The van der Waals surface area contributed by atoms with Crippen LogP contribution in [0.5, 0.6) is 0 Å². The van der Waals surface area contributed by atoms with Gasteiger partial charge in [0.15, 0.2) is 5.78 Å². The van der Waals surface area contributed by atoms with E-state index >= 15 is 0 Å². The highest BCUT2D eigenvalue weighted by Crippen LogP contribution is 2.17. The summed E-state index contributed by atoms with van der Waals surface area (Å²) in [5, 5.41) is 0. The molecule has 1 aromatic heterocycles. The second kappa shape index (κ2) is 7.85. The third kappa shape index (κ3) is 4.87. The number of ketones is 1. The monoisotopic (exact) mass is 334 g/mol. The minimum atomic E-state index is -3.72. The van der Waals surface area contributed by atoms with E-state index < -0.39 is 10.0 Å². The largest absolute Gasteiger partial charge is 0.385 e. The van der Waals surface area contributed by atoms with E-state index in [1.165, 1.54) is 24.5 Å². The molecule has 0 aliphatic rings. The molecule has 0 saturated carbocycles. The number of anilines is 1. The first-order valence-electron chi connectivity index (χ1n) is 7.08. The lowest BCUT2D eigenvalue weighted by molar-refractivity contribution is 0.0963. The van der Waals surface area contributed by atoms with Crippen LogP contribution in [0.25, 0.3) is 0 Å². The summed E-state index contributed by atoms with van der Waals surface area (Å²) in [6, 6.07) is 9.43. The Morgan fingerprint density at radius 3 is 2.78 bits per heavy atom. The minimum absolute atomic E-state index is 0.0514. The Morgan fingerprint density at radius 2 is 2.09 bits per heavy atom. The summed E-state index contributed by atoms with van der Waals surface area (Å²) in [4.78, 5) is 15.9. The molecule has 7 heteroatoms. The molecule has 1 N–H and O–H groups in total. The van der Waals surface area contributed by atoms with Crippen LogP contribution in [-0.2, 0) is 14.8 Å². The van der Waals surface area contributed by atoms with E-state index in [2.05, 4.69) is 9.71 Å². The Bertz CT molecular complexity index is 761. The Labute approximate surface area is 135 Å². The van der Waals surface area contributed by atoms with E-state index in [0.29, 0.717) is 30.7 Å². The number of ether oxygens (including phenoxy) is 1. The van der Waals surface area contributed by atoms with Crippen molar-refractivity contribution >= 4 is 21.5 Å². The summed E-state index contributed by atoms with van der Waals surface area (Å²) in [5.41, 5.74) is 0.805. The average Bonchev–Trinajstić information content (AvgIpc) is 2.55. The van der Waals surface area contributed by atoms with Crippen LogP contribution in [0, 0.1) is 0 Å². The van der Waals surface area contributed by atoms with Crippen LogP contribution in [0.15, 0.2) is 53.7 Å². The molecule has 0 aliphatic heterocycles. The van der Waals surface area contributed by atoms with Gasteiger partial charge in [-0.1, -0.05) is 12.1 Å². The number of methoxy groups -OCH3 is 1. The van der Waals surface area contributed by atoms with Gasteiger partial charge in [0.2, 0.25) is 0 Å². The highest BCUT2D eigenvalue weighted by molar-refractivity contribution is 7.92. The molecule has 1 aromatic carbocycles. The molecule has 0 spiro atoms. The second-order valence-electron chi connectivity index (χ2n) is 4.89. The summed E-state index contributed by atoms with van der Waals surface area (Å²) in [5.74, 6) is -0.0514. The molecule has 1 heterocycles. The molecule has 122 valence electrons. The van der Waals surface area contributed by atoms with Crippen LogP contribution in [0.2, 0.25) is 0 Å². The predicted octanol–water partition coefficient (Wildman–Crippen LogP) is 2.49. The summed E-state index contributed by atoms with van der Waals surface area (Å²) in [6.45, 7) is 0.513. The maximum absolute atomic E-state index is 12.2. The average molecular weight is 334 g/mol. The zero-order chi connectivity index (χ0) is 16.7. The predicted molar refractivity (Wildman–Crippen MR) is 86.9 cm³/mol. The molecule has 2 rings (SSSR count). The van der Waals surface area contributed by atoms with Crippen LogP contribution >= 0.6 is 0 Å². The number of aromatic nitrogens is 1. The lowest BCUT2D eigenvalue weighted by Crippen LogP contribution is -2.13. The van der Waals surface area contributed by atoms with E-state index in [0.717, 1.165) is 0 Å². The van der Waals surface area contributed by atoms with E-state index in [1.54, 1.807) is 31.4 Å². The molecule has 0 amide bonds. The van der Waals surface area contributed by atoms with Crippen molar-refractivity contribution in [2.75, 3.05) is 18.4 Å². The topological polar surface area (TPSA) is 85.4 Å². The molecule has 0 atom stereocenters. The number of carbonyl (C=O) groups excluding carboxylic acids is 1. The summed E-state index contributed by atoms with van der Waals surface area (Å²) >= 11 is 0. The molecular formula is C16H18N2O4S. The first-order valence-corrected chi connectivity index (χ1v) is 8.56. The smallest absolute Gasteiger partial charge is 0.263 e. The van der Waals surface area contributed by atoms with Crippen molar-refractivity contribution in [1.29, 1.82) is 0 Å². The zero-order valence-corrected chi connectivity index (χ0v) is 13.5. The van der Waals surface area contributed by atoms with Crippen molar-refractivity contribution in [2.45, 2.75) is 17.7 Å². The van der Waals surface area contributed by atoms with Gasteiger partial charge in [0.25, 0.3) is 10.0 Å². The van der Waals surface area contributed by atoms with Gasteiger partial charge in [-0.2, -0.15) is 0 Å². The number of hydrogen-bond donors (Lipinski definition) is 1. The third-order valence-corrected chi connectivity index (χ3v) is 4.50. The highest BCUT2D eigenvalue weighted by Gasteiger charge is 2.15. The molecule has 6 nitrogen and oxygen atoms in total. The van der Waals surface area contributed by atoms with Crippen LogP contribution in [0.1, 0.15) is 23.2 Å². The van der Waals surface area contributed by atoms with Gasteiger partial charge in [-0.15, -0.1) is 0 Å². The molecule has 0 radical (unpaired) electrons. The van der Waals surface area contributed by atoms with Crippen molar-refractivity contribution in [3.05, 3.63) is 54.4 Å². The van der Waals surface area contributed by atoms with E-state index in [-0.39, 0.29) is 10.7 Å². The van der Waals surface area contributed by atoms with Crippen molar-refractivity contribution < 1.29 is 17.9 Å². The van der Waals surface area contributed by atoms with Crippen LogP contribution in [0.3, 0.4) is 0 Å². The third-order valence-electron chi connectivity index (χ3n) is 3.13. The van der Waals surface area contributed by atoms with Crippen LogP contribution in [-0.4, -0.2) is 32.9 Å². The first-order chi connectivity index (χ1) is 11.0. The lowest BCUT2D eigenvalue weighted by Gasteiger charge is -2.09. The lowest BCUT2D eigenvalue weighted by atomic mass is 10.1. The number of hydrogen-bond acceptors (Lipinski definition) is 5. The van der Waals surface area contributed by atoms with Crippen molar-refractivity contribution in [3.63, 3.8) is 0 Å². The Balaban J connectivity index is 2.12. The summed E-state index contributed by atoms with van der Waals surface area (Å²) in [7, 11) is -2.14. The number of benzene rings is 1. The molecule has 0 fully saturated rings. The van der Waals surface area contributed by atoms with Gasteiger partial charge in [0, 0.05) is 43.8 Å². The maximum Gasteiger partial charge on any atom is 0.263 e. The first kappa shape index (κ1) is 17.1. The fourth-order valence-corrected chi connectivity index (χ4v) is 3.01. The zero-order valence-electron chi connectivity index (χ0n) is 12.7. The van der Waals surface area contributed by atoms with Crippen molar-refractivity contribution in [1.82, 2.24) is 4.98 Å². The standard InChI is InChI=1S/C16H18N2O4S/c1-22-10-4-8-16(19)13-5-2-6-14(11-13)18-23(20,21)15-7-3-9-17-12-15/h2-3,5-7,9,11-12,18H,4,8,10H2,1H3. The number of rotatable bonds is 8. The highest BCUT2D eigenvalue weighted by atomic mass is 32.2.